The van der Waals surface area contributed by atoms with Gasteiger partial charge in [-0.05, 0) is 31.4 Å². The molecule has 1 aromatic rings. The van der Waals surface area contributed by atoms with Crippen molar-refractivity contribution in [2.75, 3.05) is 44.3 Å². The van der Waals surface area contributed by atoms with Crippen molar-refractivity contribution in [3.63, 3.8) is 0 Å². The molecule has 1 aromatic heterocycles. The molecule has 0 saturated carbocycles. The minimum Gasteiger partial charge on any atom is -0.380 e. The number of ether oxygens (including phenoxy) is 1. The third-order valence-electron chi connectivity index (χ3n) is 4.31. The molecule has 2 aliphatic rings. The number of piperidine rings is 1. The molecule has 120 valence electrons. The molecule has 2 saturated heterocycles. The van der Waals surface area contributed by atoms with Crippen LogP contribution in [-0.2, 0) is 4.74 Å². The van der Waals surface area contributed by atoms with E-state index in [1.54, 1.807) is 0 Å². The molecular formula is C16H24N4O2. The zero-order valence-electron chi connectivity index (χ0n) is 12.9. The summed E-state index contributed by atoms with van der Waals surface area (Å²) >= 11 is 0. The van der Waals surface area contributed by atoms with Crippen molar-refractivity contribution in [2.24, 2.45) is 0 Å². The molecule has 0 aliphatic carbocycles. The molecule has 6 nitrogen and oxygen atoms in total. The Morgan fingerprint density at radius 1 is 1.18 bits per heavy atom. The largest absolute Gasteiger partial charge is 0.380 e. The highest BCUT2D eigenvalue weighted by Crippen LogP contribution is 2.17. The van der Waals surface area contributed by atoms with E-state index in [9.17, 15) is 4.79 Å². The third-order valence-corrected chi connectivity index (χ3v) is 4.31. The summed E-state index contributed by atoms with van der Waals surface area (Å²) in [7, 11) is 0. The number of hydrogen-bond donors (Lipinski definition) is 1. The lowest BCUT2D eigenvalue weighted by atomic mass is 10.1. The fourth-order valence-electron chi connectivity index (χ4n) is 3.01. The zero-order valence-corrected chi connectivity index (χ0v) is 12.9. The molecule has 1 N–H and O–H groups in total. The zero-order chi connectivity index (χ0) is 15.2. The fourth-order valence-corrected chi connectivity index (χ4v) is 3.01. The second-order valence-electron chi connectivity index (χ2n) is 5.85. The van der Waals surface area contributed by atoms with Crippen LogP contribution in [0.3, 0.4) is 0 Å². The summed E-state index contributed by atoms with van der Waals surface area (Å²) in [6.45, 7) is 4.76. The van der Waals surface area contributed by atoms with E-state index in [1.807, 2.05) is 29.3 Å². The molecule has 0 radical (unpaired) electrons. The molecule has 2 fully saturated rings. The van der Waals surface area contributed by atoms with Crippen LogP contribution in [0.1, 0.15) is 19.3 Å². The molecule has 22 heavy (non-hydrogen) atoms. The SMILES string of the molecule is O=C(NC1CCN(c2ccccn2)CC1)N1CCCOCC1. The van der Waals surface area contributed by atoms with Crippen LogP contribution in [0.15, 0.2) is 24.4 Å². The number of carbonyl (C=O) groups excluding carboxylic acids is 1. The van der Waals surface area contributed by atoms with E-state index in [2.05, 4.69) is 15.2 Å². The van der Waals surface area contributed by atoms with Gasteiger partial charge in [-0.15, -0.1) is 0 Å². The summed E-state index contributed by atoms with van der Waals surface area (Å²) in [5, 5.41) is 3.17. The molecule has 2 amide bonds. The Morgan fingerprint density at radius 3 is 2.82 bits per heavy atom. The van der Waals surface area contributed by atoms with Crippen molar-refractivity contribution in [1.82, 2.24) is 15.2 Å². The number of rotatable bonds is 2. The van der Waals surface area contributed by atoms with E-state index in [4.69, 9.17) is 4.74 Å². The van der Waals surface area contributed by atoms with Crippen LogP contribution in [0.25, 0.3) is 0 Å². The van der Waals surface area contributed by atoms with E-state index >= 15 is 0 Å². The number of aromatic nitrogens is 1. The molecular weight excluding hydrogens is 280 g/mol. The predicted molar refractivity (Wildman–Crippen MR) is 85.0 cm³/mol. The third kappa shape index (κ3) is 3.88. The van der Waals surface area contributed by atoms with Gasteiger partial charge in [0.25, 0.3) is 0 Å². The average molecular weight is 304 g/mol. The standard InChI is InChI=1S/C16H24N4O2/c21-16(20-8-3-12-22-13-11-20)18-14-5-9-19(10-6-14)15-4-1-2-7-17-15/h1-2,4,7,14H,3,5-6,8-13H2,(H,18,21). The predicted octanol–water partition coefficient (Wildman–Crippen LogP) is 1.48. The van der Waals surface area contributed by atoms with Crippen LogP contribution in [0.5, 0.6) is 0 Å². The van der Waals surface area contributed by atoms with Gasteiger partial charge in [-0.2, -0.15) is 0 Å². The molecule has 2 aliphatic heterocycles. The summed E-state index contributed by atoms with van der Waals surface area (Å²) in [6.07, 6.45) is 4.68. The van der Waals surface area contributed by atoms with Gasteiger partial charge < -0.3 is 19.9 Å². The summed E-state index contributed by atoms with van der Waals surface area (Å²) < 4.78 is 5.39. The number of amides is 2. The van der Waals surface area contributed by atoms with Crippen LogP contribution in [0.4, 0.5) is 10.6 Å². The first-order valence-electron chi connectivity index (χ1n) is 8.12. The Labute approximate surface area is 131 Å². The molecule has 0 unspecified atom stereocenters. The van der Waals surface area contributed by atoms with E-state index in [1.165, 1.54) is 0 Å². The number of urea groups is 1. The number of pyridine rings is 1. The van der Waals surface area contributed by atoms with E-state index in [-0.39, 0.29) is 12.1 Å². The molecule has 3 heterocycles. The molecule has 3 rings (SSSR count). The lowest BCUT2D eigenvalue weighted by Gasteiger charge is -2.34. The number of hydrogen-bond acceptors (Lipinski definition) is 4. The molecule has 0 atom stereocenters. The first kappa shape index (κ1) is 15.1. The summed E-state index contributed by atoms with van der Waals surface area (Å²) in [6, 6.07) is 6.30. The Hall–Kier alpha value is -1.82. The smallest absolute Gasteiger partial charge is 0.317 e. The van der Waals surface area contributed by atoms with Crippen LogP contribution < -0.4 is 10.2 Å². The first-order chi connectivity index (χ1) is 10.8. The van der Waals surface area contributed by atoms with Gasteiger partial charge >= 0.3 is 6.03 Å². The highest BCUT2D eigenvalue weighted by atomic mass is 16.5. The van der Waals surface area contributed by atoms with Gasteiger partial charge in [-0.25, -0.2) is 9.78 Å². The lowest BCUT2D eigenvalue weighted by Crippen LogP contribution is -2.50. The van der Waals surface area contributed by atoms with Crippen LogP contribution in [0.2, 0.25) is 0 Å². The van der Waals surface area contributed by atoms with Crippen molar-refractivity contribution in [3.05, 3.63) is 24.4 Å². The van der Waals surface area contributed by atoms with Gasteiger partial charge in [-0.1, -0.05) is 6.07 Å². The van der Waals surface area contributed by atoms with E-state index in [0.29, 0.717) is 13.2 Å². The second kappa shape index (κ2) is 7.45. The highest BCUT2D eigenvalue weighted by molar-refractivity contribution is 5.74. The average Bonchev–Trinajstić information content (AvgIpc) is 2.86. The summed E-state index contributed by atoms with van der Waals surface area (Å²) in [5.41, 5.74) is 0. The van der Waals surface area contributed by atoms with Crippen molar-refractivity contribution in [1.29, 1.82) is 0 Å². The summed E-state index contributed by atoms with van der Waals surface area (Å²) in [4.78, 5) is 20.8. The van der Waals surface area contributed by atoms with Gasteiger partial charge in [0.15, 0.2) is 0 Å². The molecule has 6 heteroatoms. The lowest BCUT2D eigenvalue weighted by molar-refractivity contribution is 0.141. The monoisotopic (exact) mass is 304 g/mol. The normalized spacial score (nSPS) is 20.5. The maximum absolute atomic E-state index is 12.3. The van der Waals surface area contributed by atoms with E-state index in [0.717, 1.165) is 51.3 Å². The van der Waals surface area contributed by atoms with Crippen LogP contribution in [0, 0.1) is 0 Å². The minimum atomic E-state index is 0.0572. The van der Waals surface area contributed by atoms with Crippen molar-refractivity contribution < 1.29 is 9.53 Å². The Morgan fingerprint density at radius 2 is 2.05 bits per heavy atom. The number of nitrogens with one attached hydrogen (secondary N) is 1. The number of nitrogens with zero attached hydrogens (tertiary/aromatic N) is 3. The number of anilines is 1. The summed E-state index contributed by atoms with van der Waals surface area (Å²) in [5.74, 6) is 1.02. The van der Waals surface area contributed by atoms with Crippen molar-refractivity contribution in [3.8, 4) is 0 Å². The molecule has 0 spiro atoms. The Bertz CT molecular complexity index is 466. The van der Waals surface area contributed by atoms with Crippen LogP contribution in [-0.4, -0.2) is 61.3 Å². The van der Waals surface area contributed by atoms with Crippen molar-refractivity contribution in [2.45, 2.75) is 25.3 Å². The maximum atomic E-state index is 12.3. The highest BCUT2D eigenvalue weighted by Gasteiger charge is 2.23. The van der Waals surface area contributed by atoms with Gasteiger partial charge in [0, 0.05) is 45.0 Å². The Kier molecular flexibility index (Phi) is 5.11. The number of carbonyl (C=O) groups is 1. The van der Waals surface area contributed by atoms with E-state index < -0.39 is 0 Å². The second-order valence-corrected chi connectivity index (χ2v) is 5.85. The molecule has 0 bridgehead atoms. The van der Waals surface area contributed by atoms with Crippen molar-refractivity contribution >= 4 is 11.8 Å². The maximum Gasteiger partial charge on any atom is 0.317 e. The molecule has 0 aromatic carbocycles. The van der Waals surface area contributed by atoms with Gasteiger partial charge in [0.05, 0.1) is 6.61 Å². The minimum absolute atomic E-state index is 0.0572. The van der Waals surface area contributed by atoms with Gasteiger partial charge in [-0.3, -0.25) is 0 Å². The first-order valence-corrected chi connectivity index (χ1v) is 8.12. The van der Waals surface area contributed by atoms with Gasteiger partial charge in [0.1, 0.15) is 5.82 Å². The topological polar surface area (TPSA) is 57.7 Å². The Balaban J connectivity index is 1.46. The van der Waals surface area contributed by atoms with Gasteiger partial charge in [0.2, 0.25) is 0 Å². The quantitative estimate of drug-likeness (QED) is 0.899. The fraction of sp³-hybridized carbons (Fsp3) is 0.625. The van der Waals surface area contributed by atoms with Crippen LogP contribution >= 0.6 is 0 Å².